The molecule has 1 unspecified atom stereocenters. The van der Waals surface area contributed by atoms with E-state index < -0.39 is 0 Å². The molecule has 1 aliphatic carbocycles. The van der Waals surface area contributed by atoms with Crippen LogP contribution in [0.2, 0.25) is 0 Å². The lowest BCUT2D eigenvalue weighted by Gasteiger charge is -2.16. The van der Waals surface area contributed by atoms with Crippen LogP contribution in [0.5, 0.6) is 0 Å². The highest BCUT2D eigenvalue weighted by atomic mass is 79.9. The van der Waals surface area contributed by atoms with E-state index in [4.69, 9.17) is 0 Å². The fourth-order valence-electron chi connectivity index (χ4n) is 3.03. The summed E-state index contributed by atoms with van der Waals surface area (Å²) >= 11 is 3.47. The van der Waals surface area contributed by atoms with Gasteiger partial charge in [0.15, 0.2) is 5.65 Å². The summed E-state index contributed by atoms with van der Waals surface area (Å²) in [6.45, 7) is 2.24. The molecule has 0 aromatic carbocycles. The van der Waals surface area contributed by atoms with E-state index in [1.807, 2.05) is 12.3 Å². The predicted octanol–water partition coefficient (Wildman–Crippen LogP) is 4.26. The quantitative estimate of drug-likeness (QED) is 0.886. The molecule has 2 aromatic rings. The molecule has 1 saturated carbocycles. The van der Waals surface area contributed by atoms with E-state index in [9.17, 15) is 0 Å². The molecule has 20 heavy (non-hydrogen) atoms. The maximum absolute atomic E-state index is 4.60. The zero-order valence-electron chi connectivity index (χ0n) is 11.8. The van der Waals surface area contributed by atoms with Crippen LogP contribution in [0.25, 0.3) is 5.65 Å². The van der Waals surface area contributed by atoms with Crippen molar-refractivity contribution in [2.45, 2.75) is 51.5 Å². The van der Waals surface area contributed by atoms with Gasteiger partial charge in [-0.15, -0.1) is 0 Å². The Kier molecular flexibility index (Phi) is 4.24. The molecule has 5 heteroatoms. The van der Waals surface area contributed by atoms with Gasteiger partial charge in [-0.1, -0.05) is 25.7 Å². The minimum Gasteiger partial charge on any atom is -0.368 e. The van der Waals surface area contributed by atoms with Gasteiger partial charge in [-0.3, -0.25) is 0 Å². The van der Waals surface area contributed by atoms with Gasteiger partial charge in [0.2, 0.25) is 0 Å². The Morgan fingerprint density at radius 1 is 1.45 bits per heavy atom. The third-order valence-electron chi connectivity index (χ3n) is 4.20. The van der Waals surface area contributed by atoms with Crippen molar-refractivity contribution in [3.8, 4) is 0 Å². The van der Waals surface area contributed by atoms with Gasteiger partial charge in [0.05, 0.1) is 10.7 Å². The van der Waals surface area contributed by atoms with Crippen molar-refractivity contribution >= 4 is 27.4 Å². The molecule has 0 amide bonds. The average Bonchev–Trinajstić information content (AvgIpc) is 3.07. The average molecular weight is 337 g/mol. The summed E-state index contributed by atoms with van der Waals surface area (Å²) in [5, 5.41) is 7.71. The highest BCUT2D eigenvalue weighted by Crippen LogP contribution is 2.29. The van der Waals surface area contributed by atoms with E-state index >= 15 is 0 Å². The number of nitrogens with zero attached hydrogens (tertiary/aromatic N) is 3. The Bertz CT molecular complexity index is 574. The van der Waals surface area contributed by atoms with E-state index in [2.05, 4.69) is 38.3 Å². The van der Waals surface area contributed by atoms with Crippen LogP contribution >= 0.6 is 15.9 Å². The van der Waals surface area contributed by atoms with Gasteiger partial charge in [-0.2, -0.15) is 5.10 Å². The van der Waals surface area contributed by atoms with Crippen molar-refractivity contribution < 1.29 is 0 Å². The van der Waals surface area contributed by atoms with Gasteiger partial charge >= 0.3 is 0 Å². The van der Waals surface area contributed by atoms with Gasteiger partial charge in [0.1, 0.15) is 5.82 Å². The SMILES string of the molecule is CC(CCC1CCCC1)Nc1ccn2ncc(Br)c2n1. The van der Waals surface area contributed by atoms with E-state index in [-0.39, 0.29) is 0 Å². The molecule has 0 aliphatic heterocycles. The minimum atomic E-state index is 0.465. The second-order valence-corrected chi connectivity index (χ2v) is 6.70. The summed E-state index contributed by atoms with van der Waals surface area (Å²) < 4.78 is 2.71. The molecular formula is C15H21BrN4. The molecule has 0 bridgehead atoms. The highest BCUT2D eigenvalue weighted by molar-refractivity contribution is 9.10. The van der Waals surface area contributed by atoms with E-state index in [0.29, 0.717) is 6.04 Å². The fourth-order valence-corrected chi connectivity index (χ4v) is 3.39. The van der Waals surface area contributed by atoms with Crippen LogP contribution in [-0.4, -0.2) is 20.6 Å². The Balaban J connectivity index is 1.58. The number of aromatic nitrogens is 3. The van der Waals surface area contributed by atoms with Gasteiger partial charge in [-0.25, -0.2) is 9.50 Å². The zero-order valence-corrected chi connectivity index (χ0v) is 13.4. The fraction of sp³-hybridized carbons (Fsp3) is 0.600. The van der Waals surface area contributed by atoms with Crippen LogP contribution < -0.4 is 5.32 Å². The largest absolute Gasteiger partial charge is 0.368 e. The van der Waals surface area contributed by atoms with Crippen molar-refractivity contribution in [3.05, 3.63) is 22.9 Å². The molecule has 1 N–H and O–H groups in total. The lowest BCUT2D eigenvalue weighted by molar-refractivity contribution is 0.467. The third kappa shape index (κ3) is 3.14. The first-order valence-corrected chi connectivity index (χ1v) is 8.28. The van der Waals surface area contributed by atoms with Crippen molar-refractivity contribution in [1.29, 1.82) is 0 Å². The first kappa shape index (κ1) is 13.9. The summed E-state index contributed by atoms with van der Waals surface area (Å²) in [5.74, 6) is 1.89. The number of fused-ring (bicyclic) bond motifs is 1. The van der Waals surface area contributed by atoms with Crippen molar-refractivity contribution in [1.82, 2.24) is 14.6 Å². The first-order chi connectivity index (χ1) is 9.72. The highest BCUT2D eigenvalue weighted by Gasteiger charge is 2.16. The molecular weight excluding hydrogens is 316 g/mol. The molecule has 1 atom stereocenters. The lowest BCUT2D eigenvalue weighted by atomic mass is 9.99. The Hall–Kier alpha value is -1.10. The van der Waals surface area contributed by atoms with Crippen LogP contribution in [0.15, 0.2) is 22.9 Å². The Labute approximate surface area is 128 Å². The molecule has 4 nitrogen and oxygen atoms in total. The zero-order chi connectivity index (χ0) is 13.9. The predicted molar refractivity (Wildman–Crippen MR) is 85.0 cm³/mol. The molecule has 0 saturated heterocycles. The van der Waals surface area contributed by atoms with Crippen molar-refractivity contribution in [3.63, 3.8) is 0 Å². The summed E-state index contributed by atoms with van der Waals surface area (Å²) in [5.41, 5.74) is 0.859. The summed E-state index contributed by atoms with van der Waals surface area (Å²) in [4.78, 5) is 4.60. The van der Waals surface area contributed by atoms with Crippen molar-refractivity contribution in [2.75, 3.05) is 5.32 Å². The molecule has 3 rings (SSSR count). The lowest BCUT2D eigenvalue weighted by Crippen LogP contribution is -2.17. The maximum atomic E-state index is 4.60. The van der Waals surface area contributed by atoms with Gasteiger partial charge in [0.25, 0.3) is 0 Å². The van der Waals surface area contributed by atoms with Gasteiger partial charge in [0, 0.05) is 12.2 Å². The summed E-state index contributed by atoms with van der Waals surface area (Å²) in [6, 6.07) is 2.45. The first-order valence-electron chi connectivity index (χ1n) is 7.49. The van der Waals surface area contributed by atoms with Gasteiger partial charge in [-0.05, 0) is 47.7 Å². The second kappa shape index (κ2) is 6.12. The topological polar surface area (TPSA) is 42.2 Å². The molecule has 1 aliphatic rings. The van der Waals surface area contributed by atoms with E-state index in [1.54, 1.807) is 10.7 Å². The summed E-state index contributed by atoms with van der Waals surface area (Å²) in [7, 11) is 0. The molecule has 0 radical (unpaired) electrons. The third-order valence-corrected chi connectivity index (χ3v) is 4.76. The smallest absolute Gasteiger partial charge is 0.171 e. The standard InChI is InChI=1S/C15H21BrN4/c1-11(6-7-12-4-2-3-5-12)18-14-8-9-20-15(19-14)13(16)10-17-20/h8-12H,2-7H2,1H3,(H,18,19). The maximum Gasteiger partial charge on any atom is 0.171 e. The number of hydrogen-bond acceptors (Lipinski definition) is 3. The molecule has 0 spiro atoms. The number of nitrogens with one attached hydrogen (secondary N) is 1. The van der Waals surface area contributed by atoms with Crippen LogP contribution in [0.3, 0.4) is 0 Å². The van der Waals surface area contributed by atoms with Crippen LogP contribution in [0.1, 0.15) is 45.4 Å². The molecule has 2 heterocycles. The van der Waals surface area contributed by atoms with E-state index in [0.717, 1.165) is 21.9 Å². The van der Waals surface area contributed by atoms with Crippen LogP contribution in [0, 0.1) is 5.92 Å². The van der Waals surface area contributed by atoms with Gasteiger partial charge < -0.3 is 5.32 Å². The molecule has 108 valence electrons. The number of anilines is 1. The van der Waals surface area contributed by atoms with Crippen molar-refractivity contribution in [2.24, 2.45) is 5.92 Å². The summed E-state index contributed by atoms with van der Waals surface area (Å²) in [6.07, 6.45) is 12.0. The van der Waals surface area contributed by atoms with Crippen LogP contribution in [-0.2, 0) is 0 Å². The van der Waals surface area contributed by atoms with E-state index in [1.165, 1.54) is 38.5 Å². The number of halogens is 1. The minimum absolute atomic E-state index is 0.465. The molecule has 2 aromatic heterocycles. The Morgan fingerprint density at radius 3 is 3.05 bits per heavy atom. The number of rotatable bonds is 5. The monoisotopic (exact) mass is 336 g/mol. The normalized spacial score (nSPS) is 17.7. The second-order valence-electron chi connectivity index (χ2n) is 5.85. The number of hydrogen-bond donors (Lipinski definition) is 1. The Morgan fingerprint density at radius 2 is 2.25 bits per heavy atom. The molecule has 1 fully saturated rings. The van der Waals surface area contributed by atoms with Crippen LogP contribution in [0.4, 0.5) is 5.82 Å².